The van der Waals surface area contributed by atoms with E-state index in [2.05, 4.69) is 20.3 Å². The third kappa shape index (κ3) is 3.36. The average Bonchev–Trinajstić information content (AvgIpc) is 3.03. The topological polar surface area (TPSA) is 108 Å². The van der Waals surface area contributed by atoms with Crippen LogP contribution in [0.25, 0.3) is 11.0 Å². The Kier molecular flexibility index (Phi) is 4.43. The summed E-state index contributed by atoms with van der Waals surface area (Å²) < 4.78 is 0. The zero-order valence-electron chi connectivity index (χ0n) is 12.4. The molecular weight excluding hydrogens is 332 g/mol. The number of H-pyrrole nitrogens is 1. The molecule has 3 aromatic rings. The van der Waals surface area contributed by atoms with E-state index < -0.39 is 17.9 Å². The number of carboxylic acids is 1. The van der Waals surface area contributed by atoms with Gasteiger partial charge in [-0.05, 0) is 23.8 Å². The number of fused-ring (bicyclic) bond motifs is 1. The number of hydrogen-bond acceptors (Lipinski definition) is 4. The van der Waals surface area contributed by atoms with Crippen molar-refractivity contribution in [3.63, 3.8) is 0 Å². The minimum Gasteiger partial charge on any atom is -0.481 e. The Bertz CT molecular complexity index is 892. The third-order valence-corrected chi connectivity index (χ3v) is 3.78. The number of amides is 1. The number of aliphatic carboxylic acids is 1. The number of carboxylic acid groups (broad SMARTS) is 1. The van der Waals surface area contributed by atoms with Gasteiger partial charge in [-0.15, -0.1) is 0 Å². The molecule has 3 N–H and O–H groups in total. The second-order valence-electron chi connectivity index (χ2n) is 5.14. The van der Waals surface area contributed by atoms with Crippen LogP contribution in [0.4, 0.5) is 0 Å². The van der Waals surface area contributed by atoms with Crippen molar-refractivity contribution in [2.24, 2.45) is 0 Å². The molecule has 0 radical (unpaired) electrons. The van der Waals surface area contributed by atoms with Gasteiger partial charge in [0, 0.05) is 11.2 Å². The lowest BCUT2D eigenvalue weighted by Crippen LogP contribution is -2.31. The van der Waals surface area contributed by atoms with Crippen molar-refractivity contribution in [2.45, 2.75) is 12.5 Å². The summed E-state index contributed by atoms with van der Waals surface area (Å²) >= 11 is 5.85. The van der Waals surface area contributed by atoms with Crippen LogP contribution in [0.5, 0.6) is 0 Å². The van der Waals surface area contributed by atoms with E-state index in [0.717, 1.165) is 0 Å². The van der Waals surface area contributed by atoms with Gasteiger partial charge in [0.15, 0.2) is 0 Å². The first-order chi connectivity index (χ1) is 11.5. The SMILES string of the molecule is O=C(O)C[C@@H](NC(=O)c1ncnc2[nH]ccc12)c1ccc(Cl)cc1. The van der Waals surface area contributed by atoms with Crippen molar-refractivity contribution in [3.8, 4) is 0 Å². The first-order valence-electron chi connectivity index (χ1n) is 7.11. The predicted molar refractivity (Wildman–Crippen MR) is 87.8 cm³/mol. The minimum absolute atomic E-state index is 0.186. The predicted octanol–water partition coefficient (Wildman–Crippen LogP) is 2.56. The summed E-state index contributed by atoms with van der Waals surface area (Å²) in [6, 6.07) is 7.65. The molecule has 0 bridgehead atoms. The van der Waals surface area contributed by atoms with Crippen molar-refractivity contribution in [3.05, 3.63) is 59.1 Å². The van der Waals surface area contributed by atoms with E-state index in [1.807, 2.05) is 0 Å². The van der Waals surface area contributed by atoms with Crippen molar-refractivity contribution >= 4 is 34.5 Å². The fourth-order valence-electron chi connectivity index (χ4n) is 2.40. The van der Waals surface area contributed by atoms with Crippen molar-refractivity contribution in [1.29, 1.82) is 0 Å². The van der Waals surface area contributed by atoms with Crippen LogP contribution < -0.4 is 5.32 Å². The summed E-state index contributed by atoms with van der Waals surface area (Å²) in [4.78, 5) is 34.6. The Hall–Kier alpha value is -2.93. The Morgan fingerprint density at radius 1 is 1.21 bits per heavy atom. The molecule has 7 nitrogen and oxygen atoms in total. The molecule has 2 aromatic heterocycles. The molecule has 122 valence electrons. The molecule has 0 aliphatic carbocycles. The fraction of sp³-hybridized carbons (Fsp3) is 0.125. The highest BCUT2D eigenvalue weighted by Gasteiger charge is 2.21. The van der Waals surface area contributed by atoms with Crippen LogP contribution in [0.3, 0.4) is 0 Å². The molecule has 3 rings (SSSR count). The van der Waals surface area contributed by atoms with E-state index in [1.165, 1.54) is 6.33 Å². The van der Waals surface area contributed by atoms with Crippen LogP contribution >= 0.6 is 11.6 Å². The Morgan fingerprint density at radius 2 is 1.96 bits per heavy atom. The molecule has 0 saturated carbocycles. The summed E-state index contributed by atoms with van der Waals surface area (Å²) in [5.41, 5.74) is 1.37. The van der Waals surface area contributed by atoms with Crippen LogP contribution in [-0.4, -0.2) is 31.9 Å². The van der Waals surface area contributed by atoms with Crippen molar-refractivity contribution in [1.82, 2.24) is 20.3 Å². The molecule has 8 heteroatoms. The maximum atomic E-state index is 12.6. The van der Waals surface area contributed by atoms with Gasteiger partial charge in [0.25, 0.3) is 5.91 Å². The molecule has 1 atom stereocenters. The van der Waals surface area contributed by atoms with Gasteiger partial charge in [0.2, 0.25) is 0 Å². The second kappa shape index (κ2) is 6.67. The lowest BCUT2D eigenvalue weighted by Gasteiger charge is -2.17. The molecule has 24 heavy (non-hydrogen) atoms. The number of hydrogen-bond donors (Lipinski definition) is 3. The quantitative estimate of drug-likeness (QED) is 0.659. The molecule has 0 spiro atoms. The number of aromatic amines is 1. The first-order valence-corrected chi connectivity index (χ1v) is 7.48. The highest BCUT2D eigenvalue weighted by atomic mass is 35.5. The normalized spacial score (nSPS) is 12.0. The molecular formula is C16H13ClN4O3. The van der Waals surface area contributed by atoms with Crippen LogP contribution in [0.1, 0.15) is 28.5 Å². The lowest BCUT2D eigenvalue weighted by molar-refractivity contribution is -0.137. The summed E-state index contributed by atoms with van der Waals surface area (Å²) in [5, 5.41) is 12.9. The van der Waals surface area contributed by atoms with Gasteiger partial charge in [0.1, 0.15) is 17.7 Å². The molecule has 0 unspecified atom stereocenters. The molecule has 1 aromatic carbocycles. The zero-order valence-corrected chi connectivity index (χ0v) is 13.1. The Labute approximate surface area is 141 Å². The van der Waals surface area contributed by atoms with Gasteiger partial charge in [-0.2, -0.15) is 0 Å². The smallest absolute Gasteiger partial charge is 0.305 e. The largest absolute Gasteiger partial charge is 0.481 e. The standard InChI is InChI=1S/C16H13ClN4O3/c17-10-3-1-9(2-4-10)12(7-13(22)23)21-16(24)14-11-5-6-18-15(11)20-8-19-14/h1-6,8,12H,7H2,(H,21,24)(H,22,23)(H,18,19,20)/t12-/m1/s1. The van der Waals surface area contributed by atoms with Crippen molar-refractivity contribution in [2.75, 3.05) is 0 Å². The highest BCUT2D eigenvalue weighted by Crippen LogP contribution is 2.21. The number of benzene rings is 1. The molecule has 2 heterocycles. The summed E-state index contributed by atoms with van der Waals surface area (Å²) in [7, 11) is 0. The molecule has 0 aliphatic rings. The molecule has 0 saturated heterocycles. The second-order valence-corrected chi connectivity index (χ2v) is 5.57. The Balaban J connectivity index is 1.89. The number of rotatable bonds is 5. The fourth-order valence-corrected chi connectivity index (χ4v) is 2.53. The summed E-state index contributed by atoms with van der Waals surface area (Å²) in [5.74, 6) is -1.49. The zero-order chi connectivity index (χ0) is 17.1. The van der Waals surface area contributed by atoms with Gasteiger partial charge < -0.3 is 15.4 Å². The molecule has 0 aliphatic heterocycles. The van der Waals surface area contributed by atoms with Gasteiger partial charge in [-0.3, -0.25) is 9.59 Å². The Morgan fingerprint density at radius 3 is 2.67 bits per heavy atom. The first kappa shape index (κ1) is 15.9. The van der Waals surface area contributed by atoms with Crippen molar-refractivity contribution < 1.29 is 14.7 Å². The number of halogens is 1. The summed E-state index contributed by atoms with van der Waals surface area (Å²) in [6.07, 6.45) is 2.68. The molecule has 1 amide bonds. The maximum Gasteiger partial charge on any atom is 0.305 e. The number of nitrogens with zero attached hydrogens (tertiary/aromatic N) is 2. The number of aromatic nitrogens is 3. The third-order valence-electron chi connectivity index (χ3n) is 3.53. The number of carbonyl (C=O) groups is 2. The van der Waals surface area contributed by atoms with E-state index in [9.17, 15) is 9.59 Å². The monoisotopic (exact) mass is 344 g/mol. The van der Waals surface area contributed by atoms with Crippen LogP contribution in [0.2, 0.25) is 5.02 Å². The minimum atomic E-state index is -1.02. The number of nitrogens with one attached hydrogen (secondary N) is 2. The van der Waals surface area contributed by atoms with Gasteiger partial charge in [-0.25, -0.2) is 9.97 Å². The van der Waals surface area contributed by atoms with Crippen LogP contribution in [0.15, 0.2) is 42.9 Å². The highest BCUT2D eigenvalue weighted by molar-refractivity contribution is 6.30. The van der Waals surface area contributed by atoms with E-state index in [0.29, 0.717) is 21.6 Å². The van der Waals surface area contributed by atoms with Gasteiger partial charge in [-0.1, -0.05) is 23.7 Å². The number of carbonyl (C=O) groups excluding carboxylic acids is 1. The summed E-state index contributed by atoms with van der Waals surface area (Å²) in [6.45, 7) is 0. The maximum absolute atomic E-state index is 12.6. The van der Waals surface area contributed by atoms with Gasteiger partial charge >= 0.3 is 5.97 Å². The van der Waals surface area contributed by atoms with E-state index in [4.69, 9.17) is 16.7 Å². The van der Waals surface area contributed by atoms with E-state index in [1.54, 1.807) is 36.5 Å². The van der Waals surface area contributed by atoms with E-state index in [-0.39, 0.29) is 12.1 Å². The average molecular weight is 345 g/mol. The molecule has 0 fully saturated rings. The van der Waals surface area contributed by atoms with Crippen LogP contribution in [-0.2, 0) is 4.79 Å². The van der Waals surface area contributed by atoms with E-state index >= 15 is 0 Å². The lowest BCUT2D eigenvalue weighted by atomic mass is 10.0. The van der Waals surface area contributed by atoms with Gasteiger partial charge in [0.05, 0.1) is 17.8 Å². The van der Waals surface area contributed by atoms with Crippen LogP contribution in [0, 0.1) is 0 Å².